The first-order valence-corrected chi connectivity index (χ1v) is 4.03. The molecule has 0 aromatic rings. The van der Waals surface area contributed by atoms with E-state index in [-0.39, 0.29) is 0 Å². The molecule has 2 rings (SSSR count). The zero-order valence-electron chi connectivity index (χ0n) is 6.51. The standard InChI is InChI=1S/C7H15N3/c1-9-4-5-10-3-2-8-6-7(9)10/h7-8H,2-6H2,1H3. The van der Waals surface area contributed by atoms with Crippen LogP contribution in [0.5, 0.6) is 0 Å². The summed E-state index contributed by atoms with van der Waals surface area (Å²) < 4.78 is 0. The predicted octanol–water partition coefficient (Wildman–Crippen LogP) is -0.837. The van der Waals surface area contributed by atoms with E-state index in [0.29, 0.717) is 6.17 Å². The minimum absolute atomic E-state index is 0.689. The lowest BCUT2D eigenvalue weighted by Gasteiger charge is -2.32. The second-order valence-electron chi connectivity index (χ2n) is 3.20. The fourth-order valence-corrected chi connectivity index (χ4v) is 1.86. The Morgan fingerprint density at radius 2 is 2.20 bits per heavy atom. The molecule has 58 valence electrons. The minimum atomic E-state index is 0.689. The van der Waals surface area contributed by atoms with Crippen molar-refractivity contribution in [2.75, 3.05) is 39.8 Å². The van der Waals surface area contributed by atoms with Crippen molar-refractivity contribution in [3.05, 3.63) is 0 Å². The zero-order chi connectivity index (χ0) is 6.97. The second-order valence-corrected chi connectivity index (χ2v) is 3.20. The third-order valence-electron chi connectivity index (χ3n) is 2.57. The molecule has 1 unspecified atom stereocenters. The Labute approximate surface area is 62.0 Å². The molecule has 2 aliphatic rings. The highest BCUT2D eigenvalue weighted by atomic mass is 15.4. The third kappa shape index (κ3) is 0.944. The van der Waals surface area contributed by atoms with Gasteiger partial charge in [0, 0.05) is 32.7 Å². The molecule has 2 heterocycles. The van der Waals surface area contributed by atoms with E-state index in [0.717, 1.165) is 6.54 Å². The Hall–Kier alpha value is -0.120. The fraction of sp³-hybridized carbons (Fsp3) is 1.00. The van der Waals surface area contributed by atoms with Crippen LogP contribution in [0.4, 0.5) is 0 Å². The Bertz CT molecular complexity index is 124. The molecule has 0 bridgehead atoms. The van der Waals surface area contributed by atoms with E-state index in [1.165, 1.54) is 26.2 Å². The third-order valence-corrected chi connectivity index (χ3v) is 2.57. The molecular weight excluding hydrogens is 126 g/mol. The average Bonchev–Trinajstić information content (AvgIpc) is 2.34. The molecule has 2 fully saturated rings. The summed E-state index contributed by atoms with van der Waals surface area (Å²) in [6.45, 7) is 6.06. The summed E-state index contributed by atoms with van der Waals surface area (Å²) in [5, 5.41) is 3.40. The predicted molar refractivity (Wildman–Crippen MR) is 40.9 cm³/mol. The summed E-state index contributed by atoms with van der Waals surface area (Å²) >= 11 is 0. The van der Waals surface area contributed by atoms with Crippen molar-refractivity contribution in [2.45, 2.75) is 6.17 Å². The summed E-state index contributed by atoms with van der Waals surface area (Å²) in [5.41, 5.74) is 0. The summed E-state index contributed by atoms with van der Waals surface area (Å²) in [5.74, 6) is 0. The number of nitrogens with one attached hydrogen (secondary N) is 1. The van der Waals surface area contributed by atoms with Crippen LogP contribution >= 0.6 is 0 Å². The monoisotopic (exact) mass is 141 g/mol. The van der Waals surface area contributed by atoms with E-state index in [9.17, 15) is 0 Å². The molecular formula is C7H15N3. The van der Waals surface area contributed by atoms with Gasteiger partial charge in [0.25, 0.3) is 0 Å². The minimum Gasteiger partial charge on any atom is -0.313 e. The lowest BCUT2D eigenvalue weighted by atomic mass is 10.3. The van der Waals surface area contributed by atoms with E-state index < -0.39 is 0 Å². The van der Waals surface area contributed by atoms with Crippen molar-refractivity contribution >= 4 is 0 Å². The van der Waals surface area contributed by atoms with Crippen molar-refractivity contribution in [1.82, 2.24) is 15.1 Å². The van der Waals surface area contributed by atoms with Gasteiger partial charge < -0.3 is 5.32 Å². The highest BCUT2D eigenvalue weighted by Gasteiger charge is 2.30. The van der Waals surface area contributed by atoms with Gasteiger partial charge in [-0.3, -0.25) is 9.80 Å². The Balaban J connectivity index is 2.01. The molecule has 10 heavy (non-hydrogen) atoms. The van der Waals surface area contributed by atoms with Crippen LogP contribution in [0.2, 0.25) is 0 Å². The van der Waals surface area contributed by atoms with Crippen LogP contribution < -0.4 is 5.32 Å². The molecule has 0 aliphatic carbocycles. The van der Waals surface area contributed by atoms with Crippen molar-refractivity contribution in [2.24, 2.45) is 0 Å². The highest BCUT2D eigenvalue weighted by molar-refractivity contribution is 4.84. The van der Waals surface area contributed by atoms with E-state index in [1.807, 2.05) is 0 Å². The SMILES string of the molecule is CN1CCN2CCNCC12. The Kier molecular flexibility index (Phi) is 1.64. The van der Waals surface area contributed by atoms with Gasteiger partial charge in [0.1, 0.15) is 0 Å². The van der Waals surface area contributed by atoms with Crippen molar-refractivity contribution in [1.29, 1.82) is 0 Å². The molecule has 0 radical (unpaired) electrons. The van der Waals surface area contributed by atoms with E-state index in [4.69, 9.17) is 0 Å². The molecule has 3 heteroatoms. The number of likely N-dealkylation sites (N-methyl/N-ethyl adjacent to an activating group) is 1. The maximum atomic E-state index is 3.40. The van der Waals surface area contributed by atoms with Crippen LogP contribution in [-0.2, 0) is 0 Å². The topological polar surface area (TPSA) is 18.5 Å². The zero-order valence-corrected chi connectivity index (χ0v) is 6.51. The van der Waals surface area contributed by atoms with Gasteiger partial charge in [-0.25, -0.2) is 0 Å². The molecule has 1 N–H and O–H groups in total. The lowest BCUT2D eigenvalue weighted by Crippen LogP contribution is -2.51. The summed E-state index contributed by atoms with van der Waals surface area (Å²) in [4.78, 5) is 4.97. The molecule has 1 atom stereocenters. The maximum absolute atomic E-state index is 3.40. The van der Waals surface area contributed by atoms with Gasteiger partial charge in [-0.15, -0.1) is 0 Å². The van der Waals surface area contributed by atoms with Crippen LogP contribution in [0.1, 0.15) is 0 Å². The molecule has 2 aliphatic heterocycles. The van der Waals surface area contributed by atoms with Gasteiger partial charge in [-0.05, 0) is 7.05 Å². The number of fused-ring (bicyclic) bond motifs is 1. The lowest BCUT2D eigenvalue weighted by molar-refractivity contribution is 0.129. The Morgan fingerprint density at radius 1 is 1.30 bits per heavy atom. The molecule has 2 saturated heterocycles. The van der Waals surface area contributed by atoms with Gasteiger partial charge in [-0.1, -0.05) is 0 Å². The van der Waals surface area contributed by atoms with Crippen molar-refractivity contribution in [3.8, 4) is 0 Å². The molecule has 3 nitrogen and oxygen atoms in total. The van der Waals surface area contributed by atoms with Crippen LogP contribution in [0.25, 0.3) is 0 Å². The van der Waals surface area contributed by atoms with Crippen molar-refractivity contribution in [3.63, 3.8) is 0 Å². The van der Waals surface area contributed by atoms with E-state index in [1.54, 1.807) is 0 Å². The van der Waals surface area contributed by atoms with Gasteiger partial charge in [0.2, 0.25) is 0 Å². The smallest absolute Gasteiger partial charge is 0.0749 e. The van der Waals surface area contributed by atoms with Gasteiger partial charge >= 0.3 is 0 Å². The molecule has 0 spiro atoms. The number of piperazine rings is 1. The molecule has 0 aromatic carbocycles. The Morgan fingerprint density at radius 3 is 3.00 bits per heavy atom. The van der Waals surface area contributed by atoms with Crippen LogP contribution in [0, 0.1) is 0 Å². The summed E-state index contributed by atoms with van der Waals surface area (Å²) in [6.07, 6.45) is 0.689. The molecule has 0 saturated carbocycles. The number of nitrogens with zero attached hydrogens (tertiary/aromatic N) is 2. The van der Waals surface area contributed by atoms with Gasteiger partial charge in [0.15, 0.2) is 0 Å². The number of rotatable bonds is 0. The first-order chi connectivity index (χ1) is 4.88. The first-order valence-electron chi connectivity index (χ1n) is 4.03. The van der Waals surface area contributed by atoms with Crippen LogP contribution in [-0.4, -0.2) is 55.7 Å². The van der Waals surface area contributed by atoms with Gasteiger partial charge in [-0.2, -0.15) is 0 Å². The van der Waals surface area contributed by atoms with Crippen molar-refractivity contribution < 1.29 is 0 Å². The van der Waals surface area contributed by atoms with E-state index in [2.05, 4.69) is 22.2 Å². The average molecular weight is 141 g/mol. The van der Waals surface area contributed by atoms with E-state index >= 15 is 0 Å². The van der Waals surface area contributed by atoms with Crippen LogP contribution in [0.15, 0.2) is 0 Å². The number of hydrogen-bond acceptors (Lipinski definition) is 3. The highest BCUT2D eigenvalue weighted by Crippen LogP contribution is 2.12. The quantitative estimate of drug-likeness (QED) is 0.475. The fourth-order valence-electron chi connectivity index (χ4n) is 1.86. The maximum Gasteiger partial charge on any atom is 0.0749 e. The normalized spacial score (nSPS) is 36.3. The van der Waals surface area contributed by atoms with Gasteiger partial charge in [0.05, 0.1) is 6.17 Å². The first kappa shape index (κ1) is 6.58. The summed E-state index contributed by atoms with van der Waals surface area (Å²) in [6, 6.07) is 0. The second kappa shape index (κ2) is 2.49. The summed E-state index contributed by atoms with van der Waals surface area (Å²) in [7, 11) is 2.21. The molecule has 0 amide bonds. The van der Waals surface area contributed by atoms with Crippen LogP contribution in [0.3, 0.4) is 0 Å². The number of hydrogen-bond donors (Lipinski definition) is 1. The molecule has 0 aromatic heterocycles. The largest absolute Gasteiger partial charge is 0.313 e.